The monoisotopic (exact) mass is 428 g/mol. The summed E-state index contributed by atoms with van der Waals surface area (Å²) < 4.78 is 10.9. The molecule has 3 rings (SSSR count). The van der Waals surface area contributed by atoms with Crippen molar-refractivity contribution >= 4 is 29.0 Å². The zero-order valence-electron chi connectivity index (χ0n) is 16.6. The Morgan fingerprint density at radius 2 is 1.93 bits per heavy atom. The van der Waals surface area contributed by atoms with E-state index >= 15 is 0 Å². The summed E-state index contributed by atoms with van der Waals surface area (Å²) in [6.45, 7) is 1.95. The lowest BCUT2D eigenvalue weighted by molar-refractivity contribution is 0.0643. The van der Waals surface area contributed by atoms with Crippen molar-refractivity contribution in [1.29, 1.82) is 0 Å². The molecule has 7 heteroatoms. The summed E-state index contributed by atoms with van der Waals surface area (Å²) in [5.41, 5.74) is 4.47. The van der Waals surface area contributed by atoms with Crippen molar-refractivity contribution in [3.05, 3.63) is 76.2 Å². The second kappa shape index (κ2) is 10.4. The van der Waals surface area contributed by atoms with E-state index in [2.05, 4.69) is 10.3 Å². The highest BCUT2D eigenvalue weighted by Gasteiger charge is 2.22. The van der Waals surface area contributed by atoms with Crippen LogP contribution in [-0.4, -0.2) is 31.2 Å². The molecule has 5 nitrogen and oxygen atoms in total. The minimum absolute atomic E-state index is 0.116. The van der Waals surface area contributed by atoms with Crippen molar-refractivity contribution in [2.75, 3.05) is 14.2 Å². The van der Waals surface area contributed by atoms with Crippen LogP contribution in [0.2, 0.25) is 0 Å². The zero-order valence-corrected chi connectivity index (χ0v) is 18.3. The third-order valence-electron chi connectivity index (χ3n) is 4.50. The van der Waals surface area contributed by atoms with E-state index < -0.39 is 0 Å². The number of thioether (sulfide) groups is 1. The Kier molecular flexibility index (Phi) is 7.69. The number of methoxy groups -OCH3 is 2. The first-order valence-corrected chi connectivity index (χ1v) is 11.1. The van der Waals surface area contributed by atoms with Gasteiger partial charge in [-0.15, -0.1) is 23.1 Å². The van der Waals surface area contributed by atoms with Gasteiger partial charge in [-0.25, -0.2) is 4.98 Å². The summed E-state index contributed by atoms with van der Waals surface area (Å²) >= 11 is 3.19. The van der Waals surface area contributed by atoms with Crippen LogP contribution < -0.4 is 10.1 Å². The first-order valence-electron chi connectivity index (χ1n) is 9.19. The molecule has 0 radical (unpaired) electrons. The largest absolute Gasteiger partial charge is 0.497 e. The molecule has 0 spiro atoms. The molecule has 0 saturated carbocycles. The van der Waals surface area contributed by atoms with Crippen molar-refractivity contribution in [2.45, 2.75) is 29.7 Å². The van der Waals surface area contributed by atoms with E-state index in [1.807, 2.05) is 66.3 Å². The molecule has 29 heavy (non-hydrogen) atoms. The molecule has 2 atom stereocenters. The van der Waals surface area contributed by atoms with Crippen LogP contribution in [0.1, 0.15) is 34.6 Å². The van der Waals surface area contributed by atoms with Gasteiger partial charge in [0, 0.05) is 23.1 Å². The van der Waals surface area contributed by atoms with Crippen LogP contribution in [-0.2, 0) is 10.5 Å². The number of benzene rings is 2. The van der Waals surface area contributed by atoms with Crippen LogP contribution in [0.3, 0.4) is 0 Å². The average molecular weight is 429 g/mol. The molecule has 1 amide bonds. The molecule has 0 aliphatic rings. The lowest BCUT2D eigenvalue weighted by atomic mass is 10.0. The van der Waals surface area contributed by atoms with Gasteiger partial charge in [0.1, 0.15) is 11.9 Å². The summed E-state index contributed by atoms with van der Waals surface area (Å²) in [5, 5.41) is 5.11. The Balaban J connectivity index is 1.69. The lowest BCUT2D eigenvalue weighted by Gasteiger charge is -2.24. The topological polar surface area (TPSA) is 60.5 Å². The van der Waals surface area contributed by atoms with Gasteiger partial charge in [0.25, 0.3) is 5.91 Å². The zero-order chi connectivity index (χ0) is 20.6. The third-order valence-corrected chi connectivity index (χ3v) is 6.24. The number of rotatable bonds is 9. The fourth-order valence-corrected chi connectivity index (χ4v) is 4.64. The summed E-state index contributed by atoms with van der Waals surface area (Å²) in [6.07, 6.45) is -0.264. The van der Waals surface area contributed by atoms with Gasteiger partial charge in [0.2, 0.25) is 0 Å². The van der Waals surface area contributed by atoms with E-state index in [0.29, 0.717) is 5.56 Å². The van der Waals surface area contributed by atoms with E-state index in [9.17, 15) is 4.79 Å². The molecular formula is C22H24N2O3S2. The number of hydrogen-bond donors (Lipinski definition) is 1. The maximum absolute atomic E-state index is 13.0. The van der Waals surface area contributed by atoms with Crippen molar-refractivity contribution in [3.8, 4) is 5.75 Å². The van der Waals surface area contributed by atoms with Crippen LogP contribution in [0.5, 0.6) is 5.75 Å². The summed E-state index contributed by atoms with van der Waals surface area (Å²) in [7, 11) is 3.28. The van der Waals surface area contributed by atoms with Crippen molar-refractivity contribution < 1.29 is 14.3 Å². The Morgan fingerprint density at radius 1 is 1.17 bits per heavy atom. The maximum Gasteiger partial charge on any atom is 0.252 e. The predicted octanol–water partition coefficient (Wildman–Crippen LogP) is 4.95. The highest BCUT2D eigenvalue weighted by molar-refractivity contribution is 7.98. The Labute approximate surface area is 179 Å². The molecule has 1 heterocycles. The SMILES string of the molecule is COc1ccc([C@@H](OC)[C@@H](C)NC(=O)c2ccccc2SCc2cscn2)cc1. The van der Waals surface area contributed by atoms with E-state index in [-0.39, 0.29) is 18.1 Å². The maximum atomic E-state index is 13.0. The highest BCUT2D eigenvalue weighted by Crippen LogP contribution is 2.27. The first-order chi connectivity index (χ1) is 14.1. The molecule has 3 aromatic rings. The molecule has 0 saturated heterocycles. The molecule has 1 aromatic heterocycles. The fourth-order valence-electron chi connectivity index (χ4n) is 3.02. The van der Waals surface area contributed by atoms with E-state index in [1.165, 1.54) is 0 Å². The summed E-state index contributed by atoms with van der Waals surface area (Å²) in [4.78, 5) is 18.2. The lowest BCUT2D eigenvalue weighted by Crippen LogP contribution is -2.38. The number of thiazole rings is 1. The Bertz CT molecular complexity index is 914. The fraction of sp³-hybridized carbons (Fsp3) is 0.273. The van der Waals surface area contributed by atoms with Gasteiger partial charge in [-0.1, -0.05) is 24.3 Å². The van der Waals surface area contributed by atoms with Crippen LogP contribution in [0, 0.1) is 0 Å². The van der Waals surface area contributed by atoms with Crippen molar-refractivity contribution in [2.24, 2.45) is 0 Å². The van der Waals surface area contributed by atoms with Gasteiger partial charge < -0.3 is 14.8 Å². The molecule has 0 unspecified atom stereocenters. The Hall–Kier alpha value is -2.35. The van der Waals surface area contributed by atoms with Crippen LogP contribution in [0.25, 0.3) is 0 Å². The predicted molar refractivity (Wildman–Crippen MR) is 118 cm³/mol. The number of nitrogens with one attached hydrogen (secondary N) is 1. The van der Waals surface area contributed by atoms with Gasteiger partial charge in [-0.3, -0.25) is 4.79 Å². The second-order valence-corrected chi connectivity index (χ2v) is 8.19. The molecule has 1 N–H and O–H groups in total. The van der Waals surface area contributed by atoms with Crippen LogP contribution in [0.15, 0.2) is 64.3 Å². The molecular weight excluding hydrogens is 404 g/mol. The van der Waals surface area contributed by atoms with Gasteiger partial charge >= 0.3 is 0 Å². The number of amides is 1. The van der Waals surface area contributed by atoms with Crippen molar-refractivity contribution in [3.63, 3.8) is 0 Å². The number of carbonyl (C=O) groups is 1. The highest BCUT2D eigenvalue weighted by atomic mass is 32.2. The summed E-state index contributed by atoms with van der Waals surface area (Å²) in [6, 6.07) is 15.1. The molecule has 0 fully saturated rings. The van der Waals surface area contributed by atoms with Gasteiger partial charge in [0.05, 0.1) is 29.9 Å². The van der Waals surface area contributed by atoms with Crippen LogP contribution in [0.4, 0.5) is 0 Å². The smallest absolute Gasteiger partial charge is 0.252 e. The third kappa shape index (κ3) is 5.59. The van der Waals surface area contributed by atoms with Gasteiger partial charge in [-0.2, -0.15) is 0 Å². The molecule has 2 aromatic carbocycles. The van der Waals surface area contributed by atoms with E-state index in [0.717, 1.165) is 27.7 Å². The van der Waals surface area contributed by atoms with Crippen LogP contribution >= 0.6 is 23.1 Å². The van der Waals surface area contributed by atoms with E-state index in [1.54, 1.807) is 37.3 Å². The average Bonchev–Trinajstić information content (AvgIpc) is 3.27. The van der Waals surface area contributed by atoms with Gasteiger partial charge in [-0.05, 0) is 36.8 Å². The number of ether oxygens (including phenoxy) is 2. The minimum Gasteiger partial charge on any atom is -0.497 e. The quantitative estimate of drug-likeness (QED) is 0.489. The number of hydrogen-bond acceptors (Lipinski definition) is 6. The first kappa shape index (κ1) is 21.4. The number of carbonyl (C=O) groups excluding carboxylic acids is 1. The van der Waals surface area contributed by atoms with Crippen molar-refractivity contribution in [1.82, 2.24) is 10.3 Å². The molecule has 152 valence electrons. The normalized spacial score (nSPS) is 12.9. The minimum atomic E-state index is -0.264. The van der Waals surface area contributed by atoms with E-state index in [4.69, 9.17) is 9.47 Å². The standard InChI is InChI=1S/C22H24N2O3S2/c1-15(21(27-3)16-8-10-18(26-2)11-9-16)24-22(25)19-6-4-5-7-20(19)29-13-17-12-28-14-23-17/h4-12,14-15,21H,13H2,1-3H3,(H,24,25)/t15-,21+/m1/s1. The molecule has 0 aliphatic heterocycles. The summed E-state index contributed by atoms with van der Waals surface area (Å²) in [5.74, 6) is 1.40. The van der Waals surface area contributed by atoms with Gasteiger partial charge in [0.15, 0.2) is 0 Å². The number of aromatic nitrogens is 1. The number of nitrogens with zero attached hydrogens (tertiary/aromatic N) is 1. The Morgan fingerprint density at radius 3 is 2.59 bits per heavy atom. The molecule has 0 bridgehead atoms. The second-order valence-electron chi connectivity index (χ2n) is 6.46. The molecule has 0 aliphatic carbocycles.